The lowest BCUT2D eigenvalue weighted by Crippen LogP contribution is -2.40. The number of benzene rings is 1. The normalized spacial score (nSPS) is 18.8. The lowest BCUT2D eigenvalue weighted by Gasteiger charge is -2.32. The van der Waals surface area contributed by atoms with Crippen LogP contribution in [0, 0.1) is 5.92 Å². The fourth-order valence-corrected chi connectivity index (χ4v) is 3.85. The molecule has 0 aliphatic carbocycles. The van der Waals surface area contributed by atoms with E-state index in [9.17, 15) is 4.79 Å². The predicted octanol–water partition coefficient (Wildman–Crippen LogP) is 3.44. The second kappa shape index (κ2) is 8.66. The first-order valence-corrected chi connectivity index (χ1v) is 8.83. The minimum atomic E-state index is 0.217. The number of hydrogen-bond donors (Lipinski definition) is 1. The van der Waals surface area contributed by atoms with Crippen LogP contribution in [-0.2, 0) is 4.79 Å². The number of piperidine rings is 1. The molecule has 116 valence electrons. The van der Waals surface area contributed by atoms with Crippen molar-refractivity contribution in [3.8, 4) is 0 Å². The fraction of sp³-hybridized carbons (Fsp3) is 0.562. The maximum absolute atomic E-state index is 12.2. The third-order valence-electron chi connectivity index (χ3n) is 3.82. The van der Waals surface area contributed by atoms with Crippen LogP contribution in [0.3, 0.4) is 0 Å². The van der Waals surface area contributed by atoms with Crippen molar-refractivity contribution in [1.29, 1.82) is 0 Å². The molecule has 1 aromatic rings. The Balaban J connectivity index is 1.75. The van der Waals surface area contributed by atoms with E-state index in [1.807, 2.05) is 29.2 Å². The summed E-state index contributed by atoms with van der Waals surface area (Å²) in [6, 6.07) is 7.72. The molecule has 0 saturated carbocycles. The number of carbonyl (C=O) groups excluding carboxylic acids is 1. The summed E-state index contributed by atoms with van der Waals surface area (Å²) in [6.07, 6.45) is 3.52. The fourth-order valence-electron chi connectivity index (χ4n) is 2.68. The number of amides is 1. The van der Waals surface area contributed by atoms with Crippen molar-refractivity contribution >= 4 is 29.3 Å². The van der Waals surface area contributed by atoms with Crippen LogP contribution in [0.15, 0.2) is 29.2 Å². The van der Waals surface area contributed by atoms with E-state index in [4.69, 9.17) is 16.7 Å². The van der Waals surface area contributed by atoms with Crippen LogP contribution in [-0.4, -0.2) is 41.4 Å². The summed E-state index contributed by atoms with van der Waals surface area (Å²) in [5.74, 6) is 1.44. The van der Waals surface area contributed by atoms with Crippen LogP contribution in [0.25, 0.3) is 0 Å². The highest BCUT2D eigenvalue weighted by Gasteiger charge is 2.22. The van der Waals surface area contributed by atoms with Gasteiger partial charge in [0.25, 0.3) is 0 Å². The molecule has 1 amide bonds. The number of carbonyl (C=O) groups is 1. The second-order valence-corrected chi connectivity index (χ2v) is 6.93. The van der Waals surface area contributed by atoms with Gasteiger partial charge in [0.05, 0.1) is 5.02 Å². The van der Waals surface area contributed by atoms with E-state index in [-0.39, 0.29) is 12.5 Å². The van der Waals surface area contributed by atoms with Crippen molar-refractivity contribution in [1.82, 2.24) is 4.90 Å². The number of hydrogen-bond acceptors (Lipinski definition) is 3. The van der Waals surface area contributed by atoms with Gasteiger partial charge in [-0.25, -0.2) is 0 Å². The van der Waals surface area contributed by atoms with E-state index in [2.05, 4.69) is 0 Å². The highest BCUT2D eigenvalue weighted by Crippen LogP contribution is 2.27. The van der Waals surface area contributed by atoms with Crippen LogP contribution >= 0.6 is 23.4 Å². The third-order valence-corrected chi connectivity index (χ3v) is 5.34. The molecule has 3 nitrogen and oxygen atoms in total. The van der Waals surface area contributed by atoms with Gasteiger partial charge in [-0.2, -0.15) is 0 Å². The summed E-state index contributed by atoms with van der Waals surface area (Å²) in [6.45, 7) is 1.88. The number of thioether (sulfide) groups is 1. The smallest absolute Gasteiger partial charge is 0.223 e. The van der Waals surface area contributed by atoms with E-state index in [0.717, 1.165) is 48.0 Å². The maximum atomic E-state index is 12.2. The molecular weight excluding hydrogens is 306 g/mol. The van der Waals surface area contributed by atoms with Gasteiger partial charge >= 0.3 is 0 Å². The number of halogens is 1. The molecule has 1 atom stereocenters. The Morgan fingerprint density at radius 3 is 3.00 bits per heavy atom. The van der Waals surface area contributed by atoms with Gasteiger partial charge in [-0.1, -0.05) is 23.7 Å². The summed E-state index contributed by atoms with van der Waals surface area (Å²) in [5, 5.41) is 9.76. The summed E-state index contributed by atoms with van der Waals surface area (Å²) >= 11 is 7.73. The summed E-state index contributed by atoms with van der Waals surface area (Å²) < 4.78 is 0. The van der Waals surface area contributed by atoms with Crippen molar-refractivity contribution in [2.24, 2.45) is 5.92 Å². The molecular formula is C16H22ClNO2S. The minimum Gasteiger partial charge on any atom is -0.396 e. The molecule has 1 aliphatic rings. The summed E-state index contributed by atoms with van der Waals surface area (Å²) in [4.78, 5) is 15.2. The third kappa shape index (κ3) is 5.20. The Bertz CT molecular complexity index is 467. The quantitative estimate of drug-likeness (QED) is 0.814. The van der Waals surface area contributed by atoms with Gasteiger partial charge in [-0.05, 0) is 37.3 Å². The molecule has 1 N–H and O–H groups in total. The van der Waals surface area contributed by atoms with Gasteiger partial charge < -0.3 is 10.0 Å². The number of likely N-dealkylation sites (tertiary alicyclic amines) is 1. The van der Waals surface area contributed by atoms with Gasteiger partial charge in [0, 0.05) is 36.8 Å². The molecule has 1 saturated heterocycles. The topological polar surface area (TPSA) is 40.5 Å². The molecule has 0 radical (unpaired) electrons. The van der Waals surface area contributed by atoms with Crippen molar-refractivity contribution in [3.05, 3.63) is 29.3 Å². The number of rotatable bonds is 6. The number of nitrogens with zero attached hydrogens (tertiary/aromatic N) is 1. The Kier molecular flexibility index (Phi) is 6.87. The van der Waals surface area contributed by atoms with Crippen molar-refractivity contribution in [3.63, 3.8) is 0 Å². The van der Waals surface area contributed by atoms with Crippen LogP contribution in [0.5, 0.6) is 0 Å². The number of aliphatic hydroxyl groups is 1. The first-order valence-electron chi connectivity index (χ1n) is 7.46. The van der Waals surface area contributed by atoms with Gasteiger partial charge in [-0.3, -0.25) is 4.79 Å². The van der Waals surface area contributed by atoms with E-state index in [1.54, 1.807) is 11.8 Å². The standard InChI is InChI=1S/C16H22ClNO2S/c17-14-5-1-2-6-15(14)21-11-8-16(20)18-9-3-4-13(12-18)7-10-19/h1-2,5-6,13,19H,3-4,7-12H2. The second-order valence-electron chi connectivity index (χ2n) is 5.39. The summed E-state index contributed by atoms with van der Waals surface area (Å²) in [5.41, 5.74) is 0. The molecule has 0 aromatic heterocycles. The molecule has 0 spiro atoms. The minimum absolute atomic E-state index is 0.217. The average Bonchev–Trinajstić information content (AvgIpc) is 2.50. The first kappa shape index (κ1) is 16.7. The SMILES string of the molecule is O=C(CCSc1ccccc1Cl)N1CCCC(CCO)C1. The van der Waals surface area contributed by atoms with E-state index in [1.165, 1.54) is 0 Å². The zero-order valence-electron chi connectivity index (χ0n) is 12.1. The zero-order valence-corrected chi connectivity index (χ0v) is 13.7. The molecule has 2 rings (SSSR count). The van der Waals surface area contributed by atoms with Gasteiger partial charge in [0.2, 0.25) is 5.91 Å². The Labute approximate surface area is 135 Å². The first-order chi connectivity index (χ1) is 10.2. The van der Waals surface area contributed by atoms with E-state index >= 15 is 0 Å². The van der Waals surface area contributed by atoms with Crippen LogP contribution < -0.4 is 0 Å². The van der Waals surface area contributed by atoms with E-state index < -0.39 is 0 Å². The Morgan fingerprint density at radius 2 is 2.24 bits per heavy atom. The van der Waals surface area contributed by atoms with Gasteiger partial charge in [0.1, 0.15) is 0 Å². The Morgan fingerprint density at radius 1 is 1.43 bits per heavy atom. The highest BCUT2D eigenvalue weighted by molar-refractivity contribution is 7.99. The van der Waals surface area contributed by atoms with Crippen LogP contribution in [0.2, 0.25) is 5.02 Å². The highest BCUT2D eigenvalue weighted by atomic mass is 35.5. The molecule has 1 unspecified atom stereocenters. The summed E-state index contributed by atoms with van der Waals surface area (Å²) in [7, 11) is 0. The van der Waals surface area contributed by atoms with Crippen molar-refractivity contribution in [2.75, 3.05) is 25.4 Å². The monoisotopic (exact) mass is 327 g/mol. The lowest BCUT2D eigenvalue weighted by molar-refractivity contribution is -0.132. The maximum Gasteiger partial charge on any atom is 0.223 e. The molecule has 21 heavy (non-hydrogen) atoms. The zero-order chi connectivity index (χ0) is 15.1. The molecule has 0 bridgehead atoms. The molecule has 5 heteroatoms. The van der Waals surface area contributed by atoms with Crippen molar-refractivity contribution in [2.45, 2.75) is 30.6 Å². The van der Waals surface area contributed by atoms with Crippen molar-refractivity contribution < 1.29 is 9.90 Å². The van der Waals surface area contributed by atoms with E-state index in [0.29, 0.717) is 12.3 Å². The molecule has 1 aromatic carbocycles. The number of aliphatic hydroxyl groups excluding tert-OH is 1. The molecule has 1 heterocycles. The van der Waals surface area contributed by atoms with Crippen LogP contribution in [0.4, 0.5) is 0 Å². The van der Waals surface area contributed by atoms with Gasteiger partial charge in [0.15, 0.2) is 0 Å². The Hall–Kier alpha value is -0.710. The van der Waals surface area contributed by atoms with Crippen LogP contribution in [0.1, 0.15) is 25.7 Å². The molecule has 1 fully saturated rings. The average molecular weight is 328 g/mol. The largest absolute Gasteiger partial charge is 0.396 e. The molecule has 1 aliphatic heterocycles. The lowest BCUT2D eigenvalue weighted by atomic mass is 9.95. The predicted molar refractivity (Wildman–Crippen MR) is 87.8 cm³/mol. The van der Waals surface area contributed by atoms with Gasteiger partial charge in [-0.15, -0.1) is 11.8 Å².